The third-order valence-electron chi connectivity index (χ3n) is 0.140. The van der Waals surface area contributed by atoms with Gasteiger partial charge in [0, 0.05) is 9.13 Å². The molecule has 2 atom stereocenters. The number of hydrogen-bond donors (Lipinski definition) is 2. The van der Waals surface area contributed by atoms with Crippen LogP contribution in [-0.4, -0.2) is 9.79 Å². The Labute approximate surface area is 53.6 Å². The van der Waals surface area contributed by atoms with Crippen molar-refractivity contribution in [1.82, 2.24) is 0 Å². The van der Waals surface area contributed by atoms with Gasteiger partial charge < -0.3 is 0 Å². The molecule has 0 aliphatic carbocycles. The second-order valence-electron chi connectivity index (χ2n) is 0.557. The first-order valence-corrected chi connectivity index (χ1v) is 3.72. The minimum atomic E-state index is -2.92. The van der Waals surface area contributed by atoms with E-state index in [1.165, 1.54) is 0 Å². The maximum atomic E-state index is 9.39. The third kappa shape index (κ3) is 18.3. The van der Waals surface area contributed by atoms with Crippen molar-refractivity contribution in [2.24, 2.45) is 0 Å². The molecule has 0 bridgehead atoms. The minimum Gasteiger partial charge on any atom is -0.131 e. The van der Waals surface area contributed by atoms with E-state index in [1.54, 1.807) is 0 Å². The molecule has 0 radical (unpaired) electrons. The van der Waals surface area contributed by atoms with E-state index in [0.717, 1.165) is 0 Å². The van der Waals surface area contributed by atoms with Crippen molar-refractivity contribution in [3.05, 3.63) is 0 Å². The topological polar surface area (TPSA) is 83.8 Å². The highest BCUT2D eigenvalue weighted by molar-refractivity contribution is 7.46. The molecule has 0 saturated heterocycles. The Morgan fingerprint density at radius 3 is 1.33 bits per heavy atom. The highest BCUT2D eigenvalue weighted by Crippen LogP contribution is 2.30. The molecule has 50 valence electrons. The van der Waals surface area contributed by atoms with Crippen molar-refractivity contribution >= 4 is 16.5 Å². The molecule has 9 heavy (non-hydrogen) atoms. The van der Waals surface area contributed by atoms with Crippen LogP contribution in [-0.2, 0) is 13.4 Å². The Morgan fingerprint density at radius 2 is 1.33 bits per heavy atom. The predicted molar refractivity (Wildman–Crippen MR) is 30.6 cm³/mol. The van der Waals surface area contributed by atoms with Crippen molar-refractivity contribution < 1.29 is 23.2 Å². The van der Waals surface area contributed by atoms with Crippen molar-refractivity contribution in [3.63, 3.8) is 0 Å². The van der Waals surface area contributed by atoms with E-state index >= 15 is 0 Å². The van der Waals surface area contributed by atoms with E-state index in [2.05, 4.69) is 17.2 Å². The summed E-state index contributed by atoms with van der Waals surface area (Å²) in [7, 11) is -5.85. The maximum Gasteiger partial charge on any atom is 0.745 e. The number of terminal acetylenes is 1. The van der Waals surface area contributed by atoms with Gasteiger partial charge in [-0.15, -0.1) is 22.6 Å². The van der Waals surface area contributed by atoms with E-state index in [-0.39, 0.29) is 0 Å². The molecule has 0 aromatic rings. The molecule has 0 aliphatic rings. The lowest BCUT2D eigenvalue weighted by Crippen LogP contribution is -1.58. The quantitative estimate of drug-likeness (QED) is 0.467. The van der Waals surface area contributed by atoms with Crippen LogP contribution in [0.3, 0.4) is 0 Å². The fourth-order valence-electron chi connectivity index (χ4n) is 0.0598. The molecule has 0 fully saturated rings. The standard InChI is InChI=1S/C2H2.O5P2/c1-2;1-6(2)5-7(3)4/h1-2H;/p+2. The second kappa shape index (κ2) is 7.64. The van der Waals surface area contributed by atoms with E-state index in [9.17, 15) is 9.13 Å². The first-order chi connectivity index (χ1) is 4.13. The zero-order valence-corrected chi connectivity index (χ0v) is 5.96. The normalized spacial score (nSPS) is 10.7. The van der Waals surface area contributed by atoms with Crippen LogP contribution in [0.1, 0.15) is 0 Å². The third-order valence-corrected chi connectivity index (χ3v) is 1.26. The predicted octanol–water partition coefficient (Wildman–Crippen LogP) is 0.552. The van der Waals surface area contributed by atoms with Crippen LogP contribution in [0.25, 0.3) is 0 Å². The van der Waals surface area contributed by atoms with Gasteiger partial charge in [0.2, 0.25) is 0 Å². The van der Waals surface area contributed by atoms with Gasteiger partial charge in [-0.05, 0) is 0 Å². The lowest BCUT2D eigenvalue weighted by Gasteiger charge is -1.50. The molecule has 0 rings (SSSR count). The number of hydrogen-bond acceptors (Lipinski definition) is 3. The monoisotopic (exact) mass is 170 g/mol. The fraction of sp³-hybridized carbons (Fsp3) is 0. The van der Waals surface area contributed by atoms with Crippen LogP contribution < -0.4 is 0 Å². The van der Waals surface area contributed by atoms with E-state index < -0.39 is 16.5 Å². The van der Waals surface area contributed by atoms with Gasteiger partial charge in [0.25, 0.3) is 0 Å². The van der Waals surface area contributed by atoms with E-state index in [1.807, 2.05) is 0 Å². The second-order valence-corrected chi connectivity index (χ2v) is 2.16. The summed E-state index contributed by atoms with van der Waals surface area (Å²) in [6.45, 7) is 0. The Hall–Kier alpha value is -0.360. The average Bonchev–Trinajstić information content (AvgIpc) is 1.68. The van der Waals surface area contributed by atoms with Crippen LogP contribution in [0, 0.1) is 12.8 Å². The molecular weight excluding hydrogens is 166 g/mol. The molecule has 5 nitrogen and oxygen atoms in total. The molecule has 0 saturated carbocycles. The Balaban J connectivity index is 0. The first-order valence-electron chi connectivity index (χ1n) is 1.46. The molecule has 0 spiro atoms. The van der Waals surface area contributed by atoms with Crippen molar-refractivity contribution in [2.45, 2.75) is 0 Å². The summed E-state index contributed by atoms with van der Waals surface area (Å²) in [5, 5.41) is 0. The molecule has 0 heterocycles. The summed E-state index contributed by atoms with van der Waals surface area (Å²) in [6.07, 6.45) is 8.00. The average molecular weight is 170 g/mol. The van der Waals surface area contributed by atoms with E-state index in [4.69, 9.17) is 9.79 Å². The zero-order chi connectivity index (χ0) is 7.86. The molecule has 7 heteroatoms. The summed E-state index contributed by atoms with van der Waals surface area (Å²) in [5.74, 6) is 0. The SMILES string of the molecule is C#C.O=[P+](O)O[P+](=O)O. The van der Waals surface area contributed by atoms with E-state index in [0.29, 0.717) is 0 Å². The van der Waals surface area contributed by atoms with Gasteiger partial charge in [-0.1, -0.05) is 0 Å². The van der Waals surface area contributed by atoms with Gasteiger partial charge in [-0.25, -0.2) is 0 Å². The summed E-state index contributed by atoms with van der Waals surface area (Å²) in [6, 6.07) is 0. The summed E-state index contributed by atoms with van der Waals surface area (Å²) in [4.78, 5) is 15.3. The molecule has 0 amide bonds. The lowest BCUT2D eigenvalue weighted by atomic mass is 11.4. The highest BCUT2D eigenvalue weighted by Gasteiger charge is 2.31. The lowest BCUT2D eigenvalue weighted by molar-refractivity contribution is 0.371. The van der Waals surface area contributed by atoms with Crippen LogP contribution in [0.5, 0.6) is 0 Å². The van der Waals surface area contributed by atoms with Crippen LogP contribution in [0.4, 0.5) is 0 Å². The molecule has 0 aromatic heterocycles. The van der Waals surface area contributed by atoms with Crippen molar-refractivity contribution in [3.8, 4) is 12.8 Å². The van der Waals surface area contributed by atoms with Gasteiger partial charge in [-0.3, -0.25) is 0 Å². The van der Waals surface area contributed by atoms with Gasteiger partial charge in [-0.2, -0.15) is 0 Å². The fourth-order valence-corrected chi connectivity index (χ4v) is 0.538. The van der Waals surface area contributed by atoms with Crippen molar-refractivity contribution in [1.29, 1.82) is 0 Å². The first kappa shape index (κ1) is 11.4. The Bertz CT molecular complexity index is 116. The zero-order valence-electron chi connectivity index (χ0n) is 4.17. The van der Waals surface area contributed by atoms with Crippen LogP contribution in [0.2, 0.25) is 0 Å². The van der Waals surface area contributed by atoms with Gasteiger partial charge in [0.1, 0.15) is 0 Å². The molecule has 2 unspecified atom stereocenters. The van der Waals surface area contributed by atoms with Gasteiger partial charge >= 0.3 is 16.5 Å². The minimum absolute atomic E-state index is 2.92. The molecule has 0 aliphatic heterocycles. The molecule has 0 aromatic carbocycles. The number of rotatable bonds is 2. The summed E-state index contributed by atoms with van der Waals surface area (Å²) < 4.78 is 22.2. The van der Waals surface area contributed by atoms with Crippen molar-refractivity contribution in [2.75, 3.05) is 0 Å². The molecule has 2 N–H and O–H groups in total. The van der Waals surface area contributed by atoms with Crippen LogP contribution in [0.15, 0.2) is 0 Å². The Morgan fingerprint density at radius 1 is 1.11 bits per heavy atom. The maximum absolute atomic E-state index is 9.39. The van der Waals surface area contributed by atoms with Crippen LogP contribution >= 0.6 is 16.5 Å². The largest absolute Gasteiger partial charge is 0.745 e. The highest BCUT2D eigenvalue weighted by atomic mass is 31.2. The van der Waals surface area contributed by atoms with Gasteiger partial charge in [0.15, 0.2) is 4.31 Å². The summed E-state index contributed by atoms with van der Waals surface area (Å²) in [5.41, 5.74) is 0. The van der Waals surface area contributed by atoms with Gasteiger partial charge in [0.05, 0.1) is 0 Å². The summed E-state index contributed by atoms with van der Waals surface area (Å²) >= 11 is 0. The molecular formula is C2H4O5P2+2. The Kier molecular flexibility index (Phi) is 9.71. The smallest absolute Gasteiger partial charge is 0.131 e.